The SMILES string of the molecule is COc1ccccc1NC(=O)N1CCC2(CC1)CCN(C(=O)[C@H](CCC(=O)OC(C)(C)C)NC(C)=O)C2. The minimum Gasteiger partial charge on any atom is -0.495 e. The lowest BCUT2D eigenvalue weighted by Crippen LogP contribution is -2.49. The monoisotopic (exact) mass is 516 g/mol. The van der Waals surface area contributed by atoms with Gasteiger partial charge >= 0.3 is 12.0 Å². The van der Waals surface area contributed by atoms with E-state index in [1.54, 1.807) is 49.8 Å². The van der Waals surface area contributed by atoms with Crippen LogP contribution in [0.2, 0.25) is 0 Å². The first-order valence-corrected chi connectivity index (χ1v) is 12.9. The number of hydrogen-bond donors (Lipinski definition) is 2. The summed E-state index contributed by atoms with van der Waals surface area (Å²) in [4.78, 5) is 53.7. The van der Waals surface area contributed by atoms with Crippen molar-refractivity contribution in [2.24, 2.45) is 5.41 Å². The number of nitrogens with one attached hydrogen (secondary N) is 2. The Balaban J connectivity index is 1.54. The number of carbonyl (C=O) groups is 4. The van der Waals surface area contributed by atoms with Gasteiger partial charge in [0.2, 0.25) is 11.8 Å². The molecule has 204 valence electrons. The zero-order chi connectivity index (χ0) is 27.2. The summed E-state index contributed by atoms with van der Waals surface area (Å²) in [7, 11) is 1.57. The summed E-state index contributed by atoms with van der Waals surface area (Å²) in [5.74, 6) is -0.278. The summed E-state index contributed by atoms with van der Waals surface area (Å²) in [6.07, 6.45) is 2.66. The quantitative estimate of drug-likeness (QED) is 0.538. The Morgan fingerprint density at radius 3 is 2.24 bits per heavy atom. The van der Waals surface area contributed by atoms with E-state index in [0.29, 0.717) is 37.6 Å². The summed E-state index contributed by atoms with van der Waals surface area (Å²) in [5, 5.41) is 5.64. The maximum atomic E-state index is 13.3. The molecule has 0 aliphatic carbocycles. The fraction of sp³-hybridized carbons (Fsp3) is 0.630. The smallest absolute Gasteiger partial charge is 0.321 e. The van der Waals surface area contributed by atoms with E-state index in [0.717, 1.165) is 19.3 Å². The third-order valence-electron chi connectivity index (χ3n) is 6.94. The van der Waals surface area contributed by atoms with Crippen molar-refractivity contribution >= 4 is 29.5 Å². The molecule has 1 spiro atoms. The van der Waals surface area contributed by atoms with E-state index in [2.05, 4.69) is 10.6 Å². The molecule has 0 radical (unpaired) electrons. The van der Waals surface area contributed by atoms with E-state index in [1.165, 1.54) is 6.92 Å². The number of anilines is 1. The number of amides is 4. The van der Waals surface area contributed by atoms with Crippen LogP contribution < -0.4 is 15.4 Å². The van der Waals surface area contributed by atoms with Gasteiger partial charge in [-0.3, -0.25) is 14.4 Å². The number of carbonyl (C=O) groups excluding carboxylic acids is 4. The number of urea groups is 1. The van der Waals surface area contributed by atoms with Crippen LogP contribution in [0.15, 0.2) is 24.3 Å². The van der Waals surface area contributed by atoms with Gasteiger partial charge in [0.25, 0.3) is 0 Å². The largest absolute Gasteiger partial charge is 0.495 e. The molecule has 2 heterocycles. The number of benzene rings is 1. The third kappa shape index (κ3) is 7.84. The molecule has 2 fully saturated rings. The van der Waals surface area contributed by atoms with Crippen molar-refractivity contribution in [3.05, 3.63) is 24.3 Å². The minimum absolute atomic E-state index is 0.0449. The van der Waals surface area contributed by atoms with Crippen molar-refractivity contribution in [3.63, 3.8) is 0 Å². The topological polar surface area (TPSA) is 117 Å². The predicted molar refractivity (Wildman–Crippen MR) is 139 cm³/mol. The fourth-order valence-corrected chi connectivity index (χ4v) is 5.04. The number of nitrogens with zero attached hydrogens (tertiary/aromatic N) is 2. The molecule has 1 atom stereocenters. The second-order valence-electron chi connectivity index (χ2n) is 11.0. The Morgan fingerprint density at radius 2 is 1.65 bits per heavy atom. The van der Waals surface area contributed by atoms with Crippen LogP contribution in [0.3, 0.4) is 0 Å². The summed E-state index contributed by atoms with van der Waals surface area (Å²) in [5.41, 5.74) is -0.0310. The Morgan fingerprint density at radius 1 is 1.03 bits per heavy atom. The van der Waals surface area contributed by atoms with Crippen LogP contribution in [-0.2, 0) is 19.1 Å². The average molecular weight is 517 g/mol. The maximum Gasteiger partial charge on any atom is 0.321 e. The van der Waals surface area contributed by atoms with E-state index >= 15 is 0 Å². The molecule has 10 heteroatoms. The number of para-hydroxylation sites is 2. The molecular formula is C27H40N4O6. The molecule has 4 amide bonds. The minimum atomic E-state index is -0.771. The first kappa shape index (κ1) is 28.3. The molecule has 10 nitrogen and oxygen atoms in total. The van der Waals surface area contributed by atoms with Crippen molar-refractivity contribution in [3.8, 4) is 5.75 Å². The molecule has 0 aromatic heterocycles. The lowest BCUT2D eigenvalue weighted by molar-refractivity contribution is -0.155. The van der Waals surface area contributed by atoms with Gasteiger partial charge in [-0.2, -0.15) is 0 Å². The molecule has 1 aromatic carbocycles. The van der Waals surface area contributed by atoms with Crippen LogP contribution in [0, 0.1) is 5.41 Å². The molecule has 3 rings (SSSR count). The van der Waals surface area contributed by atoms with E-state index in [4.69, 9.17) is 9.47 Å². The van der Waals surface area contributed by atoms with Crippen LogP contribution in [0.25, 0.3) is 0 Å². The van der Waals surface area contributed by atoms with Gasteiger partial charge < -0.3 is 29.9 Å². The van der Waals surface area contributed by atoms with Crippen molar-refractivity contribution in [2.75, 3.05) is 38.6 Å². The summed E-state index contributed by atoms with van der Waals surface area (Å²) < 4.78 is 10.7. The Labute approximate surface area is 219 Å². The Bertz CT molecular complexity index is 997. The molecule has 2 aliphatic heterocycles. The molecule has 2 N–H and O–H groups in total. The van der Waals surface area contributed by atoms with Crippen LogP contribution in [-0.4, -0.2) is 78.5 Å². The standard InChI is InChI=1S/C27H40N4O6/c1-19(32)28-21(10-11-23(33)37-26(2,3)4)24(34)31-17-14-27(18-31)12-15-30(16-13-27)25(35)29-20-8-6-7-9-22(20)36-5/h6-9,21H,10-18H2,1-5H3,(H,28,32)(H,29,35)/t21-/m0/s1. The molecule has 0 unspecified atom stereocenters. The van der Waals surface area contributed by atoms with Gasteiger partial charge in [-0.25, -0.2) is 4.79 Å². The number of esters is 1. The van der Waals surface area contributed by atoms with Gasteiger partial charge in [0.15, 0.2) is 0 Å². The Hall–Kier alpha value is -3.30. The van der Waals surface area contributed by atoms with E-state index in [1.807, 2.05) is 12.1 Å². The van der Waals surface area contributed by atoms with Crippen molar-refractivity contribution in [1.29, 1.82) is 0 Å². The first-order chi connectivity index (χ1) is 17.4. The second-order valence-corrected chi connectivity index (χ2v) is 11.0. The summed E-state index contributed by atoms with van der Waals surface area (Å²) in [6.45, 7) is 9.10. The molecule has 0 bridgehead atoms. The van der Waals surface area contributed by atoms with Gasteiger partial charge in [0.05, 0.1) is 12.8 Å². The third-order valence-corrected chi connectivity index (χ3v) is 6.94. The van der Waals surface area contributed by atoms with Crippen LogP contribution >= 0.6 is 0 Å². The number of rotatable bonds is 7. The lowest BCUT2D eigenvalue weighted by atomic mass is 9.78. The number of likely N-dealkylation sites (tertiary alicyclic amines) is 2. The summed E-state index contributed by atoms with van der Waals surface area (Å²) >= 11 is 0. The van der Waals surface area contributed by atoms with Gasteiger partial charge in [-0.05, 0) is 64.0 Å². The molecule has 2 aliphatic rings. The van der Waals surface area contributed by atoms with Crippen molar-refractivity contribution in [2.45, 2.75) is 71.4 Å². The van der Waals surface area contributed by atoms with Crippen LogP contribution in [0.5, 0.6) is 5.75 Å². The normalized spacial score (nSPS) is 17.8. The van der Waals surface area contributed by atoms with Crippen LogP contribution in [0.1, 0.15) is 59.8 Å². The number of ether oxygens (including phenoxy) is 2. The maximum absolute atomic E-state index is 13.3. The molecule has 2 saturated heterocycles. The highest BCUT2D eigenvalue weighted by molar-refractivity contribution is 5.91. The lowest BCUT2D eigenvalue weighted by Gasteiger charge is -2.39. The molecule has 1 aromatic rings. The van der Waals surface area contributed by atoms with Gasteiger partial charge in [-0.15, -0.1) is 0 Å². The van der Waals surface area contributed by atoms with Gasteiger partial charge in [-0.1, -0.05) is 12.1 Å². The predicted octanol–water partition coefficient (Wildman–Crippen LogP) is 3.17. The molecule has 0 saturated carbocycles. The number of methoxy groups -OCH3 is 1. The average Bonchev–Trinajstić information content (AvgIpc) is 3.24. The van der Waals surface area contributed by atoms with Gasteiger partial charge in [0.1, 0.15) is 17.4 Å². The number of piperidine rings is 1. The van der Waals surface area contributed by atoms with E-state index in [9.17, 15) is 19.2 Å². The highest BCUT2D eigenvalue weighted by atomic mass is 16.6. The number of hydrogen-bond acceptors (Lipinski definition) is 6. The fourth-order valence-electron chi connectivity index (χ4n) is 5.04. The Kier molecular flexibility index (Phi) is 9.04. The zero-order valence-corrected chi connectivity index (χ0v) is 22.6. The molecule has 37 heavy (non-hydrogen) atoms. The summed E-state index contributed by atoms with van der Waals surface area (Å²) in [6, 6.07) is 6.35. The van der Waals surface area contributed by atoms with Crippen molar-refractivity contribution in [1.82, 2.24) is 15.1 Å². The molecular weight excluding hydrogens is 476 g/mol. The van der Waals surface area contributed by atoms with Crippen molar-refractivity contribution < 1.29 is 28.7 Å². The van der Waals surface area contributed by atoms with E-state index in [-0.39, 0.29) is 36.1 Å². The highest BCUT2D eigenvalue weighted by Gasteiger charge is 2.44. The zero-order valence-electron chi connectivity index (χ0n) is 22.6. The second kappa shape index (κ2) is 11.8. The first-order valence-electron chi connectivity index (χ1n) is 12.9. The van der Waals surface area contributed by atoms with Crippen LogP contribution in [0.4, 0.5) is 10.5 Å². The van der Waals surface area contributed by atoms with E-state index < -0.39 is 17.6 Å². The highest BCUT2D eigenvalue weighted by Crippen LogP contribution is 2.41. The van der Waals surface area contributed by atoms with Gasteiger partial charge in [0, 0.05) is 39.5 Å².